The molecule has 1 aromatic rings. The van der Waals surface area contributed by atoms with Crippen molar-refractivity contribution in [1.82, 2.24) is 9.97 Å². The maximum Gasteiger partial charge on any atom is 0.218 e. The average molecular weight is 216 g/mol. The smallest absolute Gasteiger partial charge is 0.218 e. The zero-order valence-electron chi connectivity index (χ0n) is 8.33. The van der Waals surface area contributed by atoms with E-state index >= 15 is 0 Å². The maximum atomic E-state index is 5.67. The number of nitrogens with one attached hydrogen (secondary N) is 1. The Morgan fingerprint density at radius 3 is 3.00 bits per heavy atom. The fraction of sp³-hybridized carbons (Fsp3) is 0.556. The van der Waals surface area contributed by atoms with Crippen LogP contribution in [0.15, 0.2) is 12.4 Å². The van der Waals surface area contributed by atoms with Gasteiger partial charge in [0.15, 0.2) is 0 Å². The zero-order valence-corrected chi connectivity index (χ0v) is 9.08. The molecule has 1 N–H and O–H groups in total. The molecule has 0 spiro atoms. The van der Waals surface area contributed by atoms with Crippen LogP contribution >= 0.6 is 11.6 Å². The number of ether oxygens (including phenoxy) is 1. The molecule has 0 aliphatic rings. The number of aromatic nitrogens is 2. The Labute approximate surface area is 88.7 Å². The van der Waals surface area contributed by atoms with Crippen LogP contribution in [0.3, 0.4) is 0 Å². The first kappa shape index (κ1) is 11.0. The summed E-state index contributed by atoms with van der Waals surface area (Å²) in [6, 6.07) is 1.94. The minimum atomic E-state index is 0.182. The van der Waals surface area contributed by atoms with Gasteiger partial charge in [0.2, 0.25) is 5.88 Å². The van der Waals surface area contributed by atoms with E-state index in [0.29, 0.717) is 18.4 Å². The van der Waals surface area contributed by atoms with E-state index in [1.54, 1.807) is 6.07 Å². The van der Waals surface area contributed by atoms with E-state index in [-0.39, 0.29) is 6.04 Å². The second-order valence-electron chi connectivity index (χ2n) is 2.87. The topological polar surface area (TPSA) is 47.0 Å². The molecule has 1 aromatic heterocycles. The van der Waals surface area contributed by atoms with Crippen molar-refractivity contribution in [2.24, 2.45) is 0 Å². The molecule has 0 aliphatic carbocycles. The molecular weight excluding hydrogens is 202 g/mol. The normalized spacial score (nSPS) is 12.2. The van der Waals surface area contributed by atoms with Crippen LogP contribution in [0.1, 0.15) is 13.8 Å². The summed E-state index contributed by atoms with van der Waals surface area (Å²) in [5.41, 5.74) is 0. The Balaban J connectivity index is 2.63. The van der Waals surface area contributed by atoms with E-state index in [4.69, 9.17) is 16.3 Å². The van der Waals surface area contributed by atoms with Crippen LogP contribution < -0.4 is 10.1 Å². The zero-order chi connectivity index (χ0) is 10.4. The molecule has 4 nitrogen and oxygen atoms in total. The van der Waals surface area contributed by atoms with Crippen molar-refractivity contribution >= 4 is 17.4 Å². The van der Waals surface area contributed by atoms with E-state index in [2.05, 4.69) is 15.3 Å². The Hall–Kier alpha value is -1.03. The largest absolute Gasteiger partial charge is 0.478 e. The Morgan fingerprint density at radius 1 is 1.57 bits per heavy atom. The van der Waals surface area contributed by atoms with Crippen molar-refractivity contribution in [3.8, 4) is 5.88 Å². The van der Waals surface area contributed by atoms with Crippen LogP contribution in [-0.2, 0) is 0 Å². The molecule has 78 valence electrons. The van der Waals surface area contributed by atoms with Gasteiger partial charge in [-0.25, -0.2) is 9.97 Å². The van der Waals surface area contributed by atoms with Gasteiger partial charge in [0.1, 0.15) is 12.1 Å². The Bertz CT molecular complexity index is 283. The maximum absolute atomic E-state index is 5.67. The Kier molecular flexibility index (Phi) is 4.46. The molecule has 0 aromatic carbocycles. The van der Waals surface area contributed by atoms with E-state index < -0.39 is 0 Å². The highest BCUT2D eigenvalue weighted by Gasteiger charge is 2.02. The molecule has 0 bridgehead atoms. The van der Waals surface area contributed by atoms with Crippen LogP contribution in [0.25, 0.3) is 0 Å². The van der Waals surface area contributed by atoms with Crippen molar-refractivity contribution in [3.63, 3.8) is 0 Å². The van der Waals surface area contributed by atoms with Gasteiger partial charge in [-0.2, -0.15) is 0 Å². The highest BCUT2D eigenvalue weighted by Crippen LogP contribution is 2.11. The Morgan fingerprint density at radius 2 is 2.36 bits per heavy atom. The number of hydrogen-bond donors (Lipinski definition) is 1. The predicted molar refractivity (Wildman–Crippen MR) is 57.0 cm³/mol. The third-order valence-electron chi connectivity index (χ3n) is 1.56. The van der Waals surface area contributed by atoms with Crippen LogP contribution in [-0.4, -0.2) is 28.5 Å². The highest BCUT2D eigenvalue weighted by molar-refractivity contribution is 6.18. The van der Waals surface area contributed by atoms with Gasteiger partial charge in [-0.3, -0.25) is 0 Å². The first-order valence-corrected chi connectivity index (χ1v) is 5.07. The number of halogens is 1. The quantitative estimate of drug-likeness (QED) is 0.763. The van der Waals surface area contributed by atoms with E-state index in [0.717, 1.165) is 5.82 Å². The number of hydrogen-bond acceptors (Lipinski definition) is 4. The van der Waals surface area contributed by atoms with Gasteiger partial charge in [0, 0.05) is 18.0 Å². The van der Waals surface area contributed by atoms with E-state index in [1.165, 1.54) is 6.33 Å². The molecule has 0 aliphatic heterocycles. The second-order valence-corrected chi connectivity index (χ2v) is 3.18. The average Bonchev–Trinajstić information content (AvgIpc) is 2.19. The lowest BCUT2D eigenvalue weighted by atomic mass is 10.4. The summed E-state index contributed by atoms with van der Waals surface area (Å²) in [6.45, 7) is 4.49. The van der Waals surface area contributed by atoms with Gasteiger partial charge in [-0.1, -0.05) is 0 Å². The monoisotopic (exact) mass is 215 g/mol. The molecule has 14 heavy (non-hydrogen) atoms. The van der Waals surface area contributed by atoms with Gasteiger partial charge in [0.05, 0.1) is 6.61 Å². The van der Waals surface area contributed by atoms with Gasteiger partial charge in [-0.15, -0.1) is 11.6 Å². The molecule has 0 radical (unpaired) electrons. The van der Waals surface area contributed by atoms with Crippen molar-refractivity contribution in [3.05, 3.63) is 12.4 Å². The molecule has 1 heterocycles. The number of nitrogens with zero attached hydrogens (tertiary/aromatic N) is 2. The molecule has 1 atom stereocenters. The first-order valence-electron chi connectivity index (χ1n) is 4.53. The minimum absolute atomic E-state index is 0.182. The lowest BCUT2D eigenvalue weighted by Crippen LogP contribution is -2.17. The molecule has 0 fully saturated rings. The predicted octanol–water partition coefficient (Wildman–Crippen LogP) is 1.91. The fourth-order valence-electron chi connectivity index (χ4n) is 0.936. The second kappa shape index (κ2) is 5.65. The summed E-state index contributed by atoms with van der Waals surface area (Å²) >= 11 is 5.67. The molecule has 0 saturated carbocycles. The lowest BCUT2D eigenvalue weighted by molar-refractivity contribution is 0.326. The molecular formula is C9H14ClN3O. The van der Waals surface area contributed by atoms with Crippen molar-refractivity contribution in [1.29, 1.82) is 0 Å². The van der Waals surface area contributed by atoms with Crippen molar-refractivity contribution in [2.45, 2.75) is 19.9 Å². The summed E-state index contributed by atoms with van der Waals surface area (Å²) < 4.78 is 5.24. The number of rotatable bonds is 5. The van der Waals surface area contributed by atoms with Gasteiger partial charge in [0.25, 0.3) is 0 Å². The third kappa shape index (κ3) is 3.38. The van der Waals surface area contributed by atoms with Crippen molar-refractivity contribution in [2.75, 3.05) is 17.8 Å². The van der Waals surface area contributed by atoms with Crippen molar-refractivity contribution < 1.29 is 4.74 Å². The summed E-state index contributed by atoms with van der Waals surface area (Å²) in [5, 5.41) is 3.13. The van der Waals surface area contributed by atoms with Gasteiger partial charge < -0.3 is 10.1 Å². The molecule has 5 heteroatoms. The van der Waals surface area contributed by atoms with Crippen LogP contribution in [0.2, 0.25) is 0 Å². The van der Waals surface area contributed by atoms with Gasteiger partial charge in [-0.05, 0) is 13.8 Å². The number of anilines is 1. The van der Waals surface area contributed by atoms with E-state index in [1.807, 2.05) is 13.8 Å². The van der Waals surface area contributed by atoms with E-state index in [9.17, 15) is 0 Å². The van der Waals surface area contributed by atoms with Gasteiger partial charge >= 0.3 is 0 Å². The summed E-state index contributed by atoms with van der Waals surface area (Å²) in [7, 11) is 0. The summed E-state index contributed by atoms with van der Waals surface area (Å²) in [5.74, 6) is 1.84. The standard InChI is InChI=1S/C9H14ClN3O/c1-3-14-9-4-8(11-6-12-9)13-7(2)5-10/h4,6-7H,3,5H2,1-2H3,(H,11,12,13). The van der Waals surface area contributed by atoms with Crippen LogP contribution in [0.5, 0.6) is 5.88 Å². The van der Waals surface area contributed by atoms with Crippen LogP contribution in [0.4, 0.5) is 5.82 Å². The SMILES string of the molecule is CCOc1cc(NC(C)CCl)ncn1. The van der Waals surface area contributed by atoms with Crippen LogP contribution in [0, 0.1) is 0 Å². The first-order chi connectivity index (χ1) is 6.76. The molecule has 0 amide bonds. The molecule has 0 saturated heterocycles. The third-order valence-corrected chi connectivity index (χ3v) is 2.02. The molecule has 1 unspecified atom stereocenters. The molecule has 1 rings (SSSR count). The summed E-state index contributed by atoms with van der Waals surface area (Å²) in [4.78, 5) is 8.00. The lowest BCUT2D eigenvalue weighted by Gasteiger charge is -2.11. The number of alkyl halides is 1. The highest BCUT2D eigenvalue weighted by atomic mass is 35.5. The fourth-order valence-corrected chi connectivity index (χ4v) is 1.01. The summed E-state index contributed by atoms with van der Waals surface area (Å²) in [6.07, 6.45) is 1.47. The minimum Gasteiger partial charge on any atom is -0.478 e.